The minimum atomic E-state index is -0.600. The van der Waals surface area contributed by atoms with Gasteiger partial charge in [0.15, 0.2) is 11.6 Å². The zero-order valence-electron chi connectivity index (χ0n) is 9.66. The predicted octanol–water partition coefficient (Wildman–Crippen LogP) is 4.18. The summed E-state index contributed by atoms with van der Waals surface area (Å²) < 4.78 is 32.3. The first-order chi connectivity index (χ1) is 9.10. The maximum atomic E-state index is 13.6. The fraction of sp³-hybridized carbons (Fsp3) is 0.0714. The molecule has 19 heavy (non-hydrogen) atoms. The van der Waals surface area contributed by atoms with Crippen LogP contribution in [0.1, 0.15) is 11.1 Å². The van der Waals surface area contributed by atoms with E-state index in [-0.39, 0.29) is 23.7 Å². The molecule has 0 bridgehead atoms. The Labute approximate surface area is 117 Å². The normalized spacial score (nSPS) is 10.0. The third kappa shape index (κ3) is 3.30. The van der Waals surface area contributed by atoms with Crippen molar-refractivity contribution in [3.63, 3.8) is 0 Å². The summed E-state index contributed by atoms with van der Waals surface area (Å²) in [6.45, 7) is 0.101. The van der Waals surface area contributed by atoms with Crippen LogP contribution in [-0.2, 0) is 6.61 Å². The summed E-state index contributed by atoms with van der Waals surface area (Å²) in [6.07, 6.45) is 0. The van der Waals surface area contributed by atoms with Gasteiger partial charge in [0.1, 0.15) is 12.4 Å². The van der Waals surface area contributed by atoms with Crippen molar-refractivity contribution in [3.05, 3.63) is 63.6 Å². The highest BCUT2D eigenvalue weighted by Crippen LogP contribution is 2.22. The van der Waals surface area contributed by atoms with Crippen LogP contribution < -0.4 is 4.74 Å². The molecule has 2 nitrogen and oxygen atoms in total. The van der Waals surface area contributed by atoms with Crippen molar-refractivity contribution in [1.29, 1.82) is 5.26 Å². The van der Waals surface area contributed by atoms with Crippen LogP contribution in [0.15, 0.2) is 40.9 Å². The largest absolute Gasteiger partial charge is 0.486 e. The van der Waals surface area contributed by atoms with E-state index in [1.165, 1.54) is 24.3 Å². The highest BCUT2D eigenvalue weighted by atomic mass is 79.9. The SMILES string of the molecule is N#Cc1ccc(OCc2ccc(F)cc2Br)c(F)c1. The van der Waals surface area contributed by atoms with E-state index in [2.05, 4.69) is 15.9 Å². The summed E-state index contributed by atoms with van der Waals surface area (Å²) >= 11 is 3.21. The Hall–Kier alpha value is -1.93. The van der Waals surface area contributed by atoms with E-state index in [4.69, 9.17) is 10.00 Å². The van der Waals surface area contributed by atoms with Gasteiger partial charge in [0, 0.05) is 10.0 Å². The van der Waals surface area contributed by atoms with Crippen molar-refractivity contribution in [2.24, 2.45) is 0 Å². The molecule has 0 atom stereocenters. The molecule has 0 heterocycles. The Bertz CT molecular complexity index is 652. The van der Waals surface area contributed by atoms with Crippen molar-refractivity contribution >= 4 is 15.9 Å². The van der Waals surface area contributed by atoms with Gasteiger partial charge in [0.2, 0.25) is 0 Å². The lowest BCUT2D eigenvalue weighted by Gasteiger charge is -2.09. The highest BCUT2D eigenvalue weighted by Gasteiger charge is 2.07. The standard InChI is InChI=1S/C14H8BrF2NO/c15-12-6-11(16)3-2-10(12)8-19-14-4-1-9(7-18)5-13(14)17/h1-6H,8H2. The van der Waals surface area contributed by atoms with Crippen LogP contribution in [0.5, 0.6) is 5.75 Å². The Morgan fingerprint density at radius 2 is 1.95 bits per heavy atom. The molecule has 2 aromatic carbocycles. The lowest BCUT2D eigenvalue weighted by molar-refractivity contribution is 0.289. The molecule has 0 unspecified atom stereocenters. The first-order valence-electron chi connectivity index (χ1n) is 5.36. The summed E-state index contributed by atoms with van der Waals surface area (Å²) in [4.78, 5) is 0. The van der Waals surface area contributed by atoms with E-state index in [0.717, 1.165) is 6.07 Å². The third-order valence-electron chi connectivity index (χ3n) is 2.46. The van der Waals surface area contributed by atoms with Gasteiger partial charge >= 0.3 is 0 Å². The molecule has 0 spiro atoms. The van der Waals surface area contributed by atoms with Crippen molar-refractivity contribution in [1.82, 2.24) is 0 Å². The molecule has 96 valence electrons. The van der Waals surface area contributed by atoms with Gasteiger partial charge in [0.05, 0.1) is 11.6 Å². The quantitative estimate of drug-likeness (QED) is 0.849. The average Bonchev–Trinajstić information content (AvgIpc) is 2.39. The van der Waals surface area contributed by atoms with Crippen LogP contribution in [-0.4, -0.2) is 0 Å². The van der Waals surface area contributed by atoms with Crippen LogP contribution in [0, 0.1) is 23.0 Å². The fourth-order valence-corrected chi connectivity index (χ4v) is 1.95. The van der Waals surface area contributed by atoms with E-state index in [0.29, 0.717) is 10.0 Å². The number of benzene rings is 2. The minimum absolute atomic E-state index is 0.0511. The van der Waals surface area contributed by atoms with Crippen LogP contribution in [0.25, 0.3) is 0 Å². The van der Waals surface area contributed by atoms with Crippen LogP contribution >= 0.6 is 15.9 Å². The van der Waals surface area contributed by atoms with Crippen molar-refractivity contribution in [3.8, 4) is 11.8 Å². The Kier molecular flexibility index (Phi) is 4.13. The summed E-state index contributed by atoms with van der Waals surface area (Å²) in [5.41, 5.74) is 0.929. The molecule has 0 aliphatic heterocycles. The number of nitriles is 1. The molecule has 2 rings (SSSR count). The number of ether oxygens (including phenoxy) is 1. The van der Waals surface area contributed by atoms with E-state index >= 15 is 0 Å². The van der Waals surface area contributed by atoms with Gasteiger partial charge in [-0.2, -0.15) is 5.26 Å². The molecular weight excluding hydrogens is 316 g/mol. The maximum Gasteiger partial charge on any atom is 0.166 e. The first kappa shape index (κ1) is 13.5. The zero-order valence-corrected chi connectivity index (χ0v) is 11.2. The second kappa shape index (κ2) is 5.81. The van der Waals surface area contributed by atoms with Gasteiger partial charge < -0.3 is 4.74 Å². The zero-order chi connectivity index (χ0) is 13.8. The monoisotopic (exact) mass is 323 g/mol. The molecule has 0 saturated heterocycles. The predicted molar refractivity (Wildman–Crippen MR) is 69.5 cm³/mol. The average molecular weight is 324 g/mol. The Morgan fingerprint density at radius 1 is 1.16 bits per heavy atom. The molecule has 0 aliphatic rings. The fourth-order valence-electron chi connectivity index (χ4n) is 1.48. The molecule has 0 N–H and O–H groups in total. The van der Waals surface area contributed by atoms with Gasteiger partial charge in [-0.1, -0.05) is 22.0 Å². The molecule has 0 radical (unpaired) electrons. The topological polar surface area (TPSA) is 33.0 Å². The Morgan fingerprint density at radius 3 is 2.58 bits per heavy atom. The summed E-state index contributed by atoms with van der Waals surface area (Å²) in [5, 5.41) is 8.62. The van der Waals surface area contributed by atoms with Gasteiger partial charge in [-0.25, -0.2) is 8.78 Å². The third-order valence-corrected chi connectivity index (χ3v) is 3.20. The number of hydrogen-bond acceptors (Lipinski definition) is 2. The second-order valence-electron chi connectivity index (χ2n) is 3.78. The second-order valence-corrected chi connectivity index (χ2v) is 4.64. The molecule has 0 fully saturated rings. The Balaban J connectivity index is 2.13. The molecule has 0 amide bonds. The van der Waals surface area contributed by atoms with Crippen LogP contribution in [0.4, 0.5) is 8.78 Å². The summed E-state index contributed by atoms with van der Waals surface area (Å²) in [5.74, 6) is -0.910. The number of rotatable bonds is 3. The van der Waals surface area contributed by atoms with Crippen LogP contribution in [0.2, 0.25) is 0 Å². The molecule has 5 heteroatoms. The molecule has 0 aliphatic carbocycles. The molecule has 0 aromatic heterocycles. The molecule has 2 aromatic rings. The highest BCUT2D eigenvalue weighted by molar-refractivity contribution is 9.10. The maximum absolute atomic E-state index is 13.6. The van der Waals surface area contributed by atoms with E-state index in [1.807, 2.05) is 6.07 Å². The van der Waals surface area contributed by atoms with Gasteiger partial charge in [-0.05, 0) is 30.3 Å². The van der Waals surface area contributed by atoms with Gasteiger partial charge in [-0.3, -0.25) is 0 Å². The first-order valence-corrected chi connectivity index (χ1v) is 6.16. The summed E-state index contributed by atoms with van der Waals surface area (Å²) in [7, 11) is 0. The van der Waals surface area contributed by atoms with E-state index in [1.54, 1.807) is 6.07 Å². The van der Waals surface area contributed by atoms with Crippen LogP contribution in [0.3, 0.4) is 0 Å². The smallest absolute Gasteiger partial charge is 0.166 e. The molecule has 0 saturated carbocycles. The lowest BCUT2D eigenvalue weighted by Crippen LogP contribution is -1.99. The van der Waals surface area contributed by atoms with E-state index in [9.17, 15) is 8.78 Å². The number of halogens is 3. The summed E-state index contributed by atoms with van der Waals surface area (Å²) in [6, 6.07) is 9.98. The van der Waals surface area contributed by atoms with Gasteiger partial charge in [0.25, 0.3) is 0 Å². The van der Waals surface area contributed by atoms with Gasteiger partial charge in [-0.15, -0.1) is 0 Å². The molecular formula is C14H8BrF2NO. The number of hydrogen-bond donors (Lipinski definition) is 0. The van der Waals surface area contributed by atoms with E-state index < -0.39 is 5.82 Å². The number of nitrogens with zero attached hydrogens (tertiary/aromatic N) is 1. The van der Waals surface area contributed by atoms with Crippen molar-refractivity contribution in [2.45, 2.75) is 6.61 Å². The van der Waals surface area contributed by atoms with Crippen molar-refractivity contribution < 1.29 is 13.5 Å². The minimum Gasteiger partial charge on any atom is -0.486 e. The van der Waals surface area contributed by atoms with Crippen molar-refractivity contribution in [2.75, 3.05) is 0 Å². The lowest BCUT2D eigenvalue weighted by atomic mass is 10.2.